The number of carbonyl (C=O) groups excluding carboxylic acids is 1. The quantitative estimate of drug-likeness (QED) is 0.640. The lowest BCUT2D eigenvalue weighted by atomic mass is 10.0. The van der Waals surface area contributed by atoms with Crippen LogP contribution in [0.1, 0.15) is 13.8 Å². The first kappa shape index (κ1) is 20.2. The molecule has 3 heterocycles. The van der Waals surface area contributed by atoms with E-state index in [1.807, 2.05) is 24.3 Å². The fourth-order valence-corrected chi connectivity index (χ4v) is 3.87. The van der Waals surface area contributed by atoms with Gasteiger partial charge in [0, 0.05) is 43.0 Å². The predicted molar refractivity (Wildman–Crippen MR) is 116 cm³/mol. The Morgan fingerprint density at radius 1 is 1.07 bits per heavy atom. The minimum absolute atomic E-state index is 0.139. The van der Waals surface area contributed by atoms with E-state index in [1.54, 1.807) is 43.2 Å². The largest absolute Gasteiger partial charge is 0.463 e. The summed E-state index contributed by atoms with van der Waals surface area (Å²) in [6, 6.07) is 14.2. The standard InChI is InChI=1S/C22H23ClN4O3/c1-22(2,27-20(28)9-8-18(24-27)19-7-4-14-30-19)21(29)26-12-10-25(11-13-26)17-6-3-5-16(23)15-17/h3-9,14-15H,10-13H2,1-2H3. The maximum Gasteiger partial charge on any atom is 0.267 e. The number of aromatic nitrogens is 2. The molecule has 0 bridgehead atoms. The van der Waals surface area contributed by atoms with Gasteiger partial charge < -0.3 is 14.2 Å². The zero-order chi connectivity index (χ0) is 21.3. The maximum absolute atomic E-state index is 13.3. The number of anilines is 1. The number of hydrogen-bond acceptors (Lipinski definition) is 5. The summed E-state index contributed by atoms with van der Waals surface area (Å²) in [6.07, 6.45) is 1.54. The summed E-state index contributed by atoms with van der Waals surface area (Å²) in [7, 11) is 0. The summed E-state index contributed by atoms with van der Waals surface area (Å²) in [5, 5.41) is 5.10. The van der Waals surface area contributed by atoms with E-state index in [4.69, 9.17) is 16.0 Å². The van der Waals surface area contributed by atoms with Crippen LogP contribution >= 0.6 is 11.6 Å². The predicted octanol–water partition coefficient (Wildman–Crippen LogP) is 3.24. The van der Waals surface area contributed by atoms with Crippen LogP contribution in [-0.2, 0) is 10.3 Å². The zero-order valence-corrected chi connectivity index (χ0v) is 17.7. The topological polar surface area (TPSA) is 71.6 Å². The van der Waals surface area contributed by atoms with Crippen LogP contribution in [0.25, 0.3) is 11.5 Å². The average molecular weight is 427 g/mol. The number of furan rings is 1. The monoisotopic (exact) mass is 426 g/mol. The van der Waals surface area contributed by atoms with E-state index >= 15 is 0 Å². The molecule has 0 N–H and O–H groups in total. The van der Waals surface area contributed by atoms with Crippen molar-refractivity contribution in [1.29, 1.82) is 0 Å². The van der Waals surface area contributed by atoms with E-state index in [2.05, 4.69) is 10.00 Å². The third-order valence-electron chi connectivity index (χ3n) is 5.37. The Balaban J connectivity index is 1.52. The van der Waals surface area contributed by atoms with Crippen LogP contribution in [0.15, 0.2) is 64.0 Å². The Morgan fingerprint density at radius 2 is 1.83 bits per heavy atom. The van der Waals surface area contributed by atoms with Gasteiger partial charge in [0.25, 0.3) is 5.56 Å². The van der Waals surface area contributed by atoms with E-state index in [9.17, 15) is 9.59 Å². The van der Waals surface area contributed by atoms with Crippen molar-refractivity contribution in [3.8, 4) is 11.5 Å². The first-order valence-electron chi connectivity index (χ1n) is 9.81. The van der Waals surface area contributed by atoms with Gasteiger partial charge in [-0.25, -0.2) is 4.68 Å². The lowest BCUT2D eigenvalue weighted by Gasteiger charge is -2.39. The Kier molecular flexibility index (Phi) is 5.39. The second kappa shape index (κ2) is 7.99. The van der Waals surface area contributed by atoms with Crippen molar-refractivity contribution in [2.24, 2.45) is 0 Å². The van der Waals surface area contributed by atoms with Gasteiger partial charge in [-0.05, 0) is 50.2 Å². The zero-order valence-electron chi connectivity index (χ0n) is 16.9. The number of carbonyl (C=O) groups is 1. The van der Waals surface area contributed by atoms with Gasteiger partial charge in [0.05, 0.1) is 6.26 Å². The molecule has 8 heteroatoms. The average Bonchev–Trinajstić information content (AvgIpc) is 3.28. The first-order valence-corrected chi connectivity index (χ1v) is 10.2. The molecule has 0 unspecified atom stereocenters. The molecule has 30 heavy (non-hydrogen) atoms. The van der Waals surface area contributed by atoms with Gasteiger partial charge in [-0.15, -0.1) is 0 Å². The van der Waals surface area contributed by atoms with Crippen molar-refractivity contribution in [3.05, 3.63) is 70.2 Å². The molecule has 1 amide bonds. The molecule has 0 aliphatic carbocycles. The highest BCUT2D eigenvalue weighted by atomic mass is 35.5. The fraction of sp³-hybridized carbons (Fsp3) is 0.318. The molecule has 0 saturated carbocycles. The molecule has 2 aromatic heterocycles. The summed E-state index contributed by atoms with van der Waals surface area (Å²) in [5.74, 6) is 0.404. The second-order valence-electron chi connectivity index (χ2n) is 7.76. The van der Waals surface area contributed by atoms with Crippen LogP contribution < -0.4 is 10.5 Å². The van der Waals surface area contributed by atoms with E-state index in [-0.39, 0.29) is 11.5 Å². The van der Waals surface area contributed by atoms with Crippen molar-refractivity contribution in [2.75, 3.05) is 31.1 Å². The second-order valence-corrected chi connectivity index (χ2v) is 8.20. The van der Waals surface area contributed by atoms with Gasteiger partial charge in [0.15, 0.2) is 5.76 Å². The molecule has 1 fully saturated rings. The van der Waals surface area contributed by atoms with Crippen LogP contribution in [0.3, 0.4) is 0 Å². The number of amides is 1. The summed E-state index contributed by atoms with van der Waals surface area (Å²) >= 11 is 6.10. The lowest BCUT2D eigenvalue weighted by Crippen LogP contribution is -2.56. The molecular weight excluding hydrogens is 404 g/mol. The summed E-state index contributed by atoms with van der Waals surface area (Å²) < 4.78 is 6.62. The number of rotatable bonds is 4. The minimum atomic E-state index is -1.13. The number of nitrogens with zero attached hydrogens (tertiary/aromatic N) is 4. The highest BCUT2D eigenvalue weighted by Gasteiger charge is 2.37. The molecule has 1 aliphatic heterocycles. The summed E-state index contributed by atoms with van der Waals surface area (Å²) in [4.78, 5) is 29.8. The van der Waals surface area contributed by atoms with Gasteiger partial charge in [-0.3, -0.25) is 9.59 Å². The minimum Gasteiger partial charge on any atom is -0.463 e. The van der Waals surface area contributed by atoms with Crippen molar-refractivity contribution < 1.29 is 9.21 Å². The van der Waals surface area contributed by atoms with E-state index < -0.39 is 5.54 Å². The van der Waals surface area contributed by atoms with Crippen LogP contribution in [0.5, 0.6) is 0 Å². The normalized spacial score (nSPS) is 14.8. The van der Waals surface area contributed by atoms with Crippen molar-refractivity contribution >= 4 is 23.2 Å². The SMILES string of the molecule is CC(C)(C(=O)N1CCN(c2cccc(Cl)c2)CC1)n1nc(-c2ccco2)ccc1=O. The third kappa shape index (κ3) is 3.85. The number of hydrogen-bond donors (Lipinski definition) is 0. The summed E-state index contributed by atoms with van der Waals surface area (Å²) in [6.45, 7) is 5.94. The molecule has 3 aromatic rings. The third-order valence-corrected chi connectivity index (χ3v) is 5.60. The Bertz CT molecular complexity index is 1100. The molecule has 156 valence electrons. The van der Waals surface area contributed by atoms with Gasteiger partial charge in [0.2, 0.25) is 5.91 Å². The van der Waals surface area contributed by atoms with Gasteiger partial charge in [-0.1, -0.05) is 17.7 Å². The molecule has 7 nitrogen and oxygen atoms in total. The number of benzene rings is 1. The smallest absolute Gasteiger partial charge is 0.267 e. The molecule has 0 spiro atoms. The van der Waals surface area contributed by atoms with Crippen molar-refractivity contribution in [1.82, 2.24) is 14.7 Å². The first-order chi connectivity index (χ1) is 14.4. The van der Waals surface area contributed by atoms with E-state index in [1.165, 1.54) is 10.7 Å². The van der Waals surface area contributed by atoms with Crippen LogP contribution in [0.4, 0.5) is 5.69 Å². The fourth-order valence-electron chi connectivity index (χ4n) is 3.69. The van der Waals surface area contributed by atoms with Gasteiger partial charge in [-0.2, -0.15) is 5.10 Å². The Morgan fingerprint density at radius 3 is 2.50 bits per heavy atom. The van der Waals surface area contributed by atoms with Crippen LogP contribution in [-0.4, -0.2) is 46.8 Å². The molecule has 0 radical (unpaired) electrons. The number of halogens is 1. The highest BCUT2D eigenvalue weighted by Crippen LogP contribution is 2.24. The number of piperazine rings is 1. The maximum atomic E-state index is 13.3. The lowest BCUT2D eigenvalue weighted by molar-refractivity contribution is -0.140. The van der Waals surface area contributed by atoms with Crippen molar-refractivity contribution in [3.63, 3.8) is 0 Å². The van der Waals surface area contributed by atoms with Crippen molar-refractivity contribution in [2.45, 2.75) is 19.4 Å². The Labute approximate surface area is 179 Å². The van der Waals surface area contributed by atoms with Crippen LogP contribution in [0, 0.1) is 0 Å². The molecular formula is C22H23ClN4O3. The molecule has 1 aliphatic rings. The molecule has 0 atom stereocenters. The molecule has 4 rings (SSSR count). The van der Waals surface area contributed by atoms with E-state index in [0.717, 1.165) is 5.69 Å². The van der Waals surface area contributed by atoms with Gasteiger partial charge in [0.1, 0.15) is 11.2 Å². The highest BCUT2D eigenvalue weighted by molar-refractivity contribution is 6.30. The Hall–Kier alpha value is -3.06. The molecule has 1 saturated heterocycles. The summed E-state index contributed by atoms with van der Waals surface area (Å²) in [5.41, 5.74) is 0.0862. The van der Waals surface area contributed by atoms with Crippen LogP contribution in [0.2, 0.25) is 5.02 Å². The molecule has 1 aromatic carbocycles. The van der Waals surface area contributed by atoms with E-state index in [0.29, 0.717) is 42.7 Å². The van der Waals surface area contributed by atoms with Gasteiger partial charge >= 0.3 is 0 Å².